The average molecular weight is 389 g/mol. The van der Waals surface area contributed by atoms with Gasteiger partial charge in [-0.05, 0) is 49.1 Å². The van der Waals surface area contributed by atoms with Gasteiger partial charge in [0.05, 0.1) is 12.6 Å². The second-order valence-electron chi connectivity index (χ2n) is 8.47. The van der Waals surface area contributed by atoms with Crippen LogP contribution < -0.4 is 9.47 Å². The number of nitriles is 1. The van der Waals surface area contributed by atoms with Gasteiger partial charge in [0.25, 0.3) is 0 Å². The van der Waals surface area contributed by atoms with Gasteiger partial charge in [0.2, 0.25) is 0 Å². The summed E-state index contributed by atoms with van der Waals surface area (Å²) < 4.78 is 12.0. The van der Waals surface area contributed by atoms with Gasteiger partial charge in [0.1, 0.15) is 6.61 Å². The van der Waals surface area contributed by atoms with E-state index in [4.69, 9.17) is 14.7 Å². The van der Waals surface area contributed by atoms with Crippen molar-refractivity contribution in [3.8, 4) is 17.6 Å². The molecule has 5 rings (SSSR count). The van der Waals surface area contributed by atoms with Crippen LogP contribution in [0.25, 0.3) is 0 Å². The number of hydrogen-bond acceptors (Lipinski definition) is 5. The maximum Gasteiger partial charge on any atom is 0.162 e. The smallest absolute Gasteiger partial charge is 0.162 e. The van der Waals surface area contributed by atoms with Gasteiger partial charge in [-0.25, -0.2) is 0 Å². The summed E-state index contributed by atoms with van der Waals surface area (Å²) in [5.41, 5.74) is 2.71. The molecule has 1 unspecified atom stereocenters. The van der Waals surface area contributed by atoms with E-state index in [9.17, 15) is 0 Å². The van der Waals surface area contributed by atoms with Crippen LogP contribution in [-0.2, 0) is 6.54 Å². The molecule has 0 radical (unpaired) electrons. The number of para-hydroxylation sites is 2. The summed E-state index contributed by atoms with van der Waals surface area (Å²) in [6.07, 6.45) is 3.56. The second kappa shape index (κ2) is 7.70. The van der Waals surface area contributed by atoms with E-state index in [0.29, 0.717) is 13.2 Å². The highest BCUT2D eigenvalue weighted by Gasteiger charge is 2.45. The minimum absolute atomic E-state index is 0.0629. The van der Waals surface area contributed by atoms with Gasteiger partial charge in [0.15, 0.2) is 17.6 Å². The van der Waals surface area contributed by atoms with Crippen molar-refractivity contribution in [3.63, 3.8) is 0 Å². The van der Waals surface area contributed by atoms with Gasteiger partial charge < -0.3 is 9.47 Å². The number of ether oxygens (including phenoxy) is 2. The Kier molecular flexibility index (Phi) is 4.91. The lowest BCUT2D eigenvalue weighted by Gasteiger charge is -2.33. The third-order valence-electron chi connectivity index (χ3n) is 6.68. The van der Waals surface area contributed by atoms with Crippen molar-refractivity contribution in [3.05, 3.63) is 59.7 Å². The van der Waals surface area contributed by atoms with E-state index in [2.05, 4.69) is 40.1 Å². The molecule has 0 aliphatic carbocycles. The van der Waals surface area contributed by atoms with Gasteiger partial charge in [-0.3, -0.25) is 9.80 Å². The van der Waals surface area contributed by atoms with Crippen molar-refractivity contribution in [1.82, 2.24) is 9.80 Å². The van der Waals surface area contributed by atoms with Crippen LogP contribution in [0.4, 0.5) is 0 Å². The molecule has 0 amide bonds. The minimum Gasteiger partial charge on any atom is -0.485 e. The molecule has 3 aliphatic rings. The topological polar surface area (TPSA) is 48.7 Å². The molecule has 1 spiro atoms. The maximum absolute atomic E-state index is 9.13. The van der Waals surface area contributed by atoms with Gasteiger partial charge in [-0.15, -0.1) is 0 Å². The van der Waals surface area contributed by atoms with Gasteiger partial charge >= 0.3 is 0 Å². The maximum atomic E-state index is 9.13. The van der Waals surface area contributed by atoms with E-state index < -0.39 is 0 Å². The molecule has 0 bridgehead atoms. The number of nitrogens with zero attached hydrogens (tertiary/aromatic N) is 3. The number of benzene rings is 2. The SMILES string of the molecule is N#CCN1CCCC12CCN(Cc1ccc([C@H]3COc4ccccc4O3)cc1)C2. The third kappa shape index (κ3) is 3.59. The van der Waals surface area contributed by atoms with Crippen LogP contribution in [0.3, 0.4) is 0 Å². The Morgan fingerprint density at radius 3 is 2.69 bits per heavy atom. The molecular weight excluding hydrogens is 362 g/mol. The summed E-state index contributed by atoms with van der Waals surface area (Å²) in [5, 5.41) is 9.13. The molecule has 150 valence electrons. The summed E-state index contributed by atoms with van der Waals surface area (Å²) in [4.78, 5) is 4.95. The first-order valence-electron chi connectivity index (χ1n) is 10.6. The quantitative estimate of drug-likeness (QED) is 0.745. The Morgan fingerprint density at radius 2 is 1.86 bits per heavy atom. The van der Waals surface area contributed by atoms with Crippen molar-refractivity contribution in [2.45, 2.75) is 37.5 Å². The number of likely N-dealkylation sites (tertiary alicyclic amines) is 2. The fraction of sp³-hybridized carbons (Fsp3) is 0.458. The highest BCUT2D eigenvalue weighted by Crippen LogP contribution is 2.38. The summed E-state index contributed by atoms with van der Waals surface area (Å²) in [6.45, 7) is 5.33. The zero-order valence-corrected chi connectivity index (χ0v) is 16.7. The lowest BCUT2D eigenvalue weighted by molar-refractivity contribution is 0.0913. The zero-order valence-electron chi connectivity index (χ0n) is 16.7. The summed E-state index contributed by atoms with van der Waals surface area (Å²) in [5.74, 6) is 1.63. The lowest BCUT2D eigenvalue weighted by atomic mass is 9.95. The third-order valence-corrected chi connectivity index (χ3v) is 6.68. The lowest BCUT2D eigenvalue weighted by Crippen LogP contribution is -2.46. The zero-order chi connectivity index (χ0) is 19.7. The van der Waals surface area contributed by atoms with Crippen LogP contribution in [0.1, 0.15) is 36.5 Å². The fourth-order valence-corrected chi connectivity index (χ4v) is 5.14. The summed E-state index contributed by atoms with van der Waals surface area (Å²) >= 11 is 0. The molecule has 0 N–H and O–H groups in total. The van der Waals surface area contributed by atoms with Gasteiger partial charge in [0, 0.05) is 25.2 Å². The summed E-state index contributed by atoms with van der Waals surface area (Å²) in [6, 6.07) is 19.0. The first-order chi connectivity index (χ1) is 14.3. The molecular formula is C24H27N3O2. The van der Waals surface area contributed by atoms with Crippen molar-refractivity contribution in [1.29, 1.82) is 5.26 Å². The molecule has 0 aromatic heterocycles. The molecule has 2 atom stereocenters. The molecule has 2 fully saturated rings. The highest BCUT2D eigenvalue weighted by molar-refractivity contribution is 5.41. The van der Waals surface area contributed by atoms with E-state index in [1.54, 1.807) is 0 Å². The van der Waals surface area contributed by atoms with Crippen LogP contribution >= 0.6 is 0 Å². The molecule has 2 aromatic carbocycles. The van der Waals surface area contributed by atoms with Crippen LogP contribution in [0.5, 0.6) is 11.5 Å². The number of rotatable bonds is 4. The predicted molar refractivity (Wildman–Crippen MR) is 111 cm³/mol. The largest absolute Gasteiger partial charge is 0.485 e. The predicted octanol–water partition coefficient (Wildman–Crippen LogP) is 3.76. The molecule has 5 heteroatoms. The molecule has 3 heterocycles. The first-order valence-corrected chi connectivity index (χ1v) is 10.6. The Labute approximate surface area is 172 Å². The van der Waals surface area contributed by atoms with Crippen molar-refractivity contribution in [2.75, 3.05) is 32.8 Å². The van der Waals surface area contributed by atoms with E-state index in [-0.39, 0.29) is 11.6 Å². The van der Waals surface area contributed by atoms with Gasteiger partial charge in [-0.2, -0.15) is 5.26 Å². The minimum atomic E-state index is -0.0629. The standard InChI is InChI=1S/C24H27N3O2/c25-12-15-27-13-3-10-24(27)11-14-26(18-24)16-19-6-8-20(9-7-19)23-17-28-21-4-1-2-5-22(21)29-23/h1-2,4-9,23H,3,10-11,13-18H2/t23-,24?/m1/s1. The van der Waals surface area contributed by atoms with Crippen LogP contribution in [0.2, 0.25) is 0 Å². The Hall–Kier alpha value is -2.55. The van der Waals surface area contributed by atoms with Crippen LogP contribution in [-0.4, -0.2) is 48.1 Å². The molecule has 3 aliphatic heterocycles. The second-order valence-corrected chi connectivity index (χ2v) is 8.47. The van der Waals surface area contributed by atoms with Crippen LogP contribution in [0, 0.1) is 11.3 Å². The normalized spacial score (nSPS) is 26.7. The first kappa shape index (κ1) is 18.5. The highest BCUT2D eigenvalue weighted by atomic mass is 16.6. The van der Waals surface area contributed by atoms with E-state index in [1.165, 1.54) is 24.8 Å². The Balaban J connectivity index is 1.21. The van der Waals surface area contributed by atoms with Gasteiger partial charge in [-0.1, -0.05) is 36.4 Å². The van der Waals surface area contributed by atoms with E-state index >= 15 is 0 Å². The summed E-state index contributed by atoms with van der Waals surface area (Å²) in [7, 11) is 0. The monoisotopic (exact) mass is 389 g/mol. The van der Waals surface area contributed by atoms with Crippen molar-refractivity contribution >= 4 is 0 Å². The molecule has 5 nitrogen and oxygen atoms in total. The van der Waals surface area contributed by atoms with E-state index in [0.717, 1.165) is 43.2 Å². The fourth-order valence-electron chi connectivity index (χ4n) is 5.14. The molecule has 0 saturated carbocycles. The Bertz CT molecular complexity index is 907. The number of hydrogen-bond donors (Lipinski definition) is 0. The average Bonchev–Trinajstić information content (AvgIpc) is 3.35. The van der Waals surface area contributed by atoms with Crippen molar-refractivity contribution in [2.24, 2.45) is 0 Å². The molecule has 2 saturated heterocycles. The number of fused-ring (bicyclic) bond motifs is 1. The molecule has 29 heavy (non-hydrogen) atoms. The van der Waals surface area contributed by atoms with Crippen molar-refractivity contribution < 1.29 is 9.47 Å². The Morgan fingerprint density at radius 1 is 1.03 bits per heavy atom. The van der Waals surface area contributed by atoms with E-state index in [1.807, 2.05) is 24.3 Å². The van der Waals surface area contributed by atoms with Crippen LogP contribution in [0.15, 0.2) is 48.5 Å². The molecule has 2 aromatic rings.